The molecule has 100 valence electrons. The maximum atomic E-state index is 5.88. The van der Waals surface area contributed by atoms with Gasteiger partial charge in [-0.3, -0.25) is 4.57 Å². The van der Waals surface area contributed by atoms with Crippen LogP contribution in [0.4, 0.5) is 0 Å². The van der Waals surface area contributed by atoms with Crippen molar-refractivity contribution in [3.05, 3.63) is 53.3 Å². The molecule has 0 aliphatic rings. The summed E-state index contributed by atoms with van der Waals surface area (Å²) in [6.45, 7) is 0. The van der Waals surface area contributed by atoms with Crippen LogP contribution in [0.5, 0.6) is 11.8 Å². The first kappa shape index (κ1) is 12.8. The van der Waals surface area contributed by atoms with Crippen LogP contribution in [-0.2, 0) is 0 Å². The molecule has 2 heterocycles. The fraction of sp³-hybridized carbons (Fsp3) is 0. The molecular formula is C12H7Cl2N5O. The average Bonchev–Trinajstić information content (AvgIpc) is 2.91. The number of hydrogen-bond donors (Lipinski definition) is 0. The molecule has 0 unspecified atom stereocenters. The van der Waals surface area contributed by atoms with Crippen LogP contribution in [0, 0.1) is 0 Å². The number of aromatic nitrogens is 5. The van der Waals surface area contributed by atoms with Crippen LogP contribution >= 0.6 is 23.2 Å². The zero-order valence-corrected chi connectivity index (χ0v) is 11.5. The van der Waals surface area contributed by atoms with Crippen LogP contribution < -0.4 is 4.74 Å². The molecule has 0 saturated heterocycles. The number of nitrogens with zero attached hydrogens (tertiary/aromatic N) is 5. The summed E-state index contributed by atoms with van der Waals surface area (Å²) in [5.74, 6) is 0.830. The number of benzene rings is 1. The second kappa shape index (κ2) is 5.44. The van der Waals surface area contributed by atoms with Gasteiger partial charge in [0.05, 0.1) is 0 Å². The van der Waals surface area contributed by atoms with E-state index < -0.39 is 0 Å². The van der Waals surface area contributed by atoms with E-state index in [2.05, 4.69) is 19.9 Å². The summed E-state index contributed by atoms with van der Waals surface area (Å²) in [6, 6.07) is 6.97. The van der Waals surface area contributed by atoms with E-state index >= 15 is 0 Å². The lowest BCUT2D eigenvalue weighted by atomic mass is 10.3. The molecule has 0 N–H and O–H groups in total. The molecule has 0 atom stereocenters. The minimum absolute atomic E-state index is 0.0285. The van der Waals surface area contributed by atoms with E-state index in [-0.39, 0.29) is 11.3 Å². The Hall–Kier alpha value is -2.18. The molecule has 20 heavy (non-hydrogen) atoms. The summed E-state index contributed by atoms with van der Waals surface area (Å²) < 4.78 is 7.11. The van der Waals surface area contributed by atoms with Crippen LogP contribution in [0.25, 0.3) is 5.95 Å². The highest BCUT2D eigenvalue weighted by Crippen LogP contribution is 2.22. The van der Waals surface area contributed by atoms with Gasteiger partial charge in [0.15, 0.2) is 0 Å². The first-order valence-electron chi connectivity index (χ1n) is 5.54. The number of hydrogen-bond acceptors (Lipinski definition) is 5. The van der Waals surface area contributed by atoms with Gasteiger partial charge in [0, 0.05) is 17.4 Å². The van der Waals surface area contributed by atoms with E-state index in [0.717, 1.165) is 0 Å². The van der Waals surface area contributed by atoms with Crippen LogP contribution in [0.15, 0.2) is 43.0 Å². The normalized spacial score (nSPS) is 10.5. The van der Waals surface area contributed by atoms with Gasteiger partial charge in [0.25, 0.3) is 0 Å². The zero-order chi connectivity index (χ0) is 13.9. The SMILES string of the molecule is Clc1cccc(Oc2nc(Cl)nc(-n3ccnc3)n2)c1. The number of imidazole rings is 1. The fourth-order valence-electron chi connectivity index (χ4n) is 1.50. The van der Waals surface area contributed by atoms with E-state index in [1.54, 1.807) is 47.6 Å². The second-order valence-electron chi connectivity index (χ2n) is 3.72. The quantitative estimate of drug-likeness (QED) is 0.743. The standard InChI is InChI=1S/C12H7Cl2N5O/c13-8-2-1-3-9(6-8)20-12-17-10(14)16-11(18-12)19-5-4-15-7-19/h1-7H. The summed E-state index contributed by atoms with van der Waals surface area (Å²) in [5, 5.41) is 0.582. The van der Waals surface area contributed by atoms with Gasteiger partial charge in [0.2, 0.25) is 11.2 Å². The predicted molar refractivity (Wildman–Crippen MR) is 73.5 cm³/mol. The molecular weight excluding hydrogens is 301 g/mol. The smallest absolute Gasteiger partial charge is 0.328 e. The van der Waals surface area contributed by atoms with Crippen molar-refractivity contribution in [3.63, 3.8) is 0 Å². The summed E-state index contributed by atoms with van der Waals surface area (Å²) in [6.07, 6.45) is 4.85. The van der Waals surface area contributed by atoms with Crippen molar-refractivity contribution in [2.24, 2.45) is 0 Å². The monoisotopic (exact) mass is 307 g/mol. The van der Waals surface area contributed by atoms with Gasteiger partial charge in [0.1, 0.15) is 12.1 Å². The Labute approximate surface area is 124 Å². The van der Waals surface area contributed by atoms with E-state index in [9.17, 15) is 0 Å². The topological polar surface area (TPSA) is 65.7 Å². The number of rotatable bonds is 3. The van der Waals surface area contributed by atoms with E-state index in [1.807, 2.05) is 0 Å². The highest BCUT2D eigenvalue weighted by Gasteiger charge is 2.08. The second-order valence-corrected chi connectivity index (χ2v) is 4.49. The Balaban J connectivity index is 1.94. The lowest BCUT2D eigenvalue weighted by molar-refractivity contribution is 0.438. The van der Waals surface area contributed by atoms with Gasteiger partial charge in [-0.2, -0.15) is 15.0 Å². The van der Waals surface area contributed by atoms with Gasteiger partial charge < -0.3 is 4.74 Å². The fourth-order valence-corrected chi connectivity index (χ4v) is 1.82. The molecule has 0 amide bonds. The summed E-state index contributed by atoms with van der Waals surface area (Å²) in [7, 11) is 0. The Bertz CT molecular complexity index is 732. The van der Waals surface area contributed by atoms with Crippen molar-refractivity contribution in [2.75, 3.05) is 0 Å². The van der Waals surface area contributed by atoms with Crippen molar-refractivity contribution in [1.29, 1.82) is 0 Å². The van der Waals surface area contributed by atoms with E-state index in [0.29, 0.717) is 16.7 Å². The summed E-state index contributed by atoms with van der Waals surface area (Å²) in [4.78, 5) is 16.0. The van der Waals surface area contributed by atoms with Gasteiger partial charge in [-0.1, -0.05) is 17.7 Å². The van der Waals surface area contributed by atoms with Crippen molar-refractivity contribution < 1.29 is 4.74 Å². The molecule has 0 bridgehead atoms. The first-order valence-corrected chi connectivity index (χ1v) is 6.29. The Morgan fingerprint density at radius 3 is 2.75 bits per heavy atom. The third kappa shape index (κ3) is 2.87. The molecule has 0 saturated carbocycles. The molecule has 1 aromatic carbocycles. The minimum atomic E-state index is 0.0285. The molecule has 0 aliphatic carbocycles. The molecule has 0 radical (unpaired) electrons. The predicted octanol–water partition coefficient (Wildman–Crippen LogP) is 3.16. The molecule has 3 aromatic rings. The maximum Gasteiger partial charge on any atom is 0.328 e. The van der Waals surface area contributed by atoms with Crippen LogP contribution in [0.2, 0.25) is 10.3 Å². The van der Waals surface area contributed by atoms with E-state index in [4.69, 9.17) is 27.9 Å². The molecule has 2 aromatic heterocycles. The molecule has 0 spiro atoms. The summed E-state index contributed by atoms with van der Waals surface area (Å²) >= 11 is 11.7. The van der Waals surface area contributed by atoms with Crippen molar-refractivity contribution in [1.82, 2.24) is 24.5 Å². The Morgan fingerprint density at radius 2 is 2.00 bits per heavy atom. The van der Waals surface area contributed by atoms with Crippen molar-refractivity contribution in [3.8, 4) is 17.7 Å². The van der Waals surface area contributed by atoms with Gasteiger partial charge in [-0.05, 0) is 29.8 Å². The molecule has 0 fully saturated rings. The third-order valence-electron chi connectivity index (χ3n) is 2.32. The van der Waals surface area contributed by atoms with Crippen LogP contribution in [0.3, 0.4) is 0 Å². The minimum Gasteiger partial charge on any atom is -0.424 e. The lowest BCUT2D eigenvalue weighted by Gasteiger charge is -2.06. The summed E-state index contributed by atoms with van der Waals surface area (Å²) in [5.41, 5.74) is 0. The third-order valence-corrected chi connectivity index (χ3v) is 2.72. The molecule has 6 nitrogen and oxygen atoms in total. The Kier molecular flexibility index (Phi) is 3.49. The Morgan fingerprint density at radius 1 is 1.10 bits per heavy atom. The number of halogens is 2. The lowest BCUT2D eigenvalue weighted by Crippen LogP contribution is -2.03. The van der Waals surface area contributed by atoms with Crippen molar-refractivity contribution >= 4 is 23.2 Å². The van der Waals surface area contributed by atoms with Crippen LogP contribution in [0.1, 0.15) is 0 Å². The molecule has 3 rings (SSSR count). The number of ether oxygens (including phenoxy) is 1. The maximum absolute atomic E-state index is 5.88. The highest BCUT2D eigenvalue weighted by atomic mass is 35.5. The first-order chi connectivity index (χ1) is 9.70. The zero-order valence-electron chi connectivity index (χ0n) is 9.94. The average molecular weight is 308 g/mol. The highest BCUT2D eigenvalue weighted by molar-refractivity contribution is 6.30. The van der Waals surface area contributed by atoms with Gasteiger partial charge in [-0.15, -0.1) is 0 Å². The van der Waals surface area contributed by atoms with Crippen LogP contribution in [-0.4, -0.2) is 24.5 Å². The van der Waals surface area contributed by atoms with Gasteiger partial charge in [-0.25, -0.2) is 4.98 Å². The van der Waals surface area contributed by atoms with Crippen molar-refractivity contribution in [2.45, 2.75) is 0 Å². The van der Waals surface area contributed by atoms with Gasteiger partial charge >= 0.3 is 6.01 Å². The largest absolute Gasteiger partial charge is 0.424 e. The molecule has 8 heteroatoms. The van der Waals surface area contributed by atoms with E-state index in [1.165, 1.54) is 0 Å². The molecule has 0 aliphatic heterocycles.